The molecule has 1 aliphatic rings. The molecule has 1 fully saturated rings. The van der Waals surface area contributed by atoms with Crippen molar-refractivity contribution >= 4 is 0 Å². The van der Waals surface area contributed by atoms with Gasteiger partial charge in [0.05, 0.1) is 12.8 Å². The van der Waals surface area contributed by atoms with Crippen molar-refractivity contribution in [2.45, 2.75) is 31.8 Å². The molecule has 0 amide bonds. The van der Waals surface area contributed by atoms with Gasteiger partial charge < -0.3 is 4.74 Å². The van der Waals surface area contributed by atoms with Crippen LogP contribution in [-0.2, 0) is 20.0 Å². The zero-order valence-corrected chi connectivity index (χ0v) is 12.8. The largest absolute Gasteiger partial charge is 0.496 e. The Morgan fingerprint density at radius 3 is 2.90 bits per heavy atom. The minimum atomic E-state index is 0.586. The zero-order chi connectivity index (χ0) is 14.7. The van der Waals surface area contributed by atoms with Crippen molar-refractivity contribution in [3.8, 4) is 5.75 Å². The summed E-state index contributed by atoms with van der Waals surface area (Å²) in [6.45, 7) is 2.11. The van der Waals surface area contributed by atoms with Crippen molar-refractivity contribution < 1.29 is 4.74 Å². The van der Waals surface area contributed by atoms with Crippen molar-refractivity contribution in [2.24, 2.45) is 7.05 Å². The van der Waals surface area contributed by atoms with Crippen molar-refractivity contribution in [1.29, 1.82) is 0 Å². The lowest BCUT2D eigenvalue weighted by Crippen LogP contribution is -2.31. The lowest BCUT2D eigenvalue weighted by Gasteiger charge is -2.24. The van der Waals surface area contributed by atoms with Crippen LogP contribution >= 0.6 is 0 Å². The highest BCUT2D eigenvalue weighted by Crippen LogP contribution is 2.26. The first-order valence-corrected chi connectivity index (χ1v) is 7.61. The molecule has 1 aromatic carbocycles. The predicted octanol–water partition coefficient (Wildman–Crippen LogP) is 2.64. The highest BCUT2D eigenvalue weighted by Gasteiger charge is 2.26. The third kappa shape index (κ3) is 3.27. The highest BCUT2D eigenvalue weighted by molar-refractivity contribution is 5.34. The van der Waals surface area contributed by atoms with E-state index in [0.717, 1.165) is 31.0 Å². The van der Waals surface area contributed by atoms with Gasteiger partial charge >= 0.3 is 0 Å². The Labute approximate surface area is 126 Å². The third-order valence-electron chi connectivity index (χ3n) is 4.28. The number of benzene rings is 1. The Kier molecular flexibility index (Phi) is 4.25. The summed E-state index contributed by atoms with van der Waals surface area (Å²) in [4.78, 5) is 2.55. The van der Waals surface area contributed by atoms with Gasteiger partial charge in [-0.15, -0.1) is 0 Å². The second kappa shape index (κ2) is 6.31. The smallest absolute Gasteiger partial charge is 0.122 e. The first-order chi connectivity index (χ1) is 10.3. The molecule has 0 saturated carbocycles. The van der Waals surface area contributed by atoms with E-state index in [0.29, 0.717) is 6.04 Å². The van der Waals surface area contributed by atoms with Crippen molar-refractivity contribution in [3.63, 3.8) is 0 Å². The van der Waals surface area contributed by atoms with Gasteiger partial charge in [-0.1, -0.05) is 18.2 Å². The number of hydrogen-bond acceptors (Lipinski definition) is 3. The van der Waals surface area contributed by atoms with E-state index < -0.39 is 0 Å². The van der Waals surface area contributed by atoms with Gasteiger partial charge in [0, 0.05) is 25.8 Å². The molecule has 1 saturated heterocycles. The fourth-order valence-corrected chi connectivity index (χ4v) is 3.22. The van der Waals surface area contributed by atoms with E-state index in [4.69, 9.17) is 4.74 Å². The Bertz CT molecular complexity index is 593. The third-order valence-corrected chi connectivity index (χ3v) is 4.28. The summed E-state index contributed by atoms with van der Waals surface area (Å²) in [5.74, 6) is 1.00. The molecule has 21 heavy (non-hydrogen) atoms. The van der Waals surface area contributed by atoms with Crippen molar-refractivity contribution in [1.82, 2.24) is 14.7 Å². The molecule has 1 atom stereocenters. The number of methoxy groups -OCH3 is 1. The van der Waals surface area contributed by atoms with Crippen LogP contribution in [0.3, 0.4) is 0 Å². The molecule has 1 aliphatic heterocycles. The average molecular weight is 285 g/mol. The van der Waals surface area contributed by atoms with Crippen molar-refractivity contribution in [3.05, 3.63) is 47.8 Å². The van der Waals surface area contributed by atoms with Crippen molar-refractivity contribution in [2.75, 3.05) is 13.7 Å². The number of aromatic nitrogens is 2. The summed E-state index contributed by atoms with van der Waals surface area (Å²) in [6, 6.07) is 11.0. The molecular weight excluding hydrogens is 262 g/mol. The van der Waals surface area contributed by atoms with Crippen LogP contribution < -0.4 is 4.74 Å². The maximum absolute atomic E-state index is 5.48. The average Bonchev–Trinajstić information content (AvgIpc) is 3.10. The Hall–Kier alpha value is -1.81. The lowest BCUT2D eigenvalue weighted by atomic mass is 10.0. The molecule has 112 valence electrons. The normalized spacial score (nSPS) is 19.0. The van der Waals surface area contributed by atoms with Crippen LogP contribution in [0.15, 0.2) is 36.5 Å². The van der Waals surface area contributed by atoms with Crippen LogP contribution in [0.2, 0.25) is 0 Å². The number of hydrogen-bond donors (Lipinski definition) is 0. The Morgan fingerprint density at radius 1 is 1.29 bits per heavy atom. The number of para-hydroxylation sites is 1. The number of likely N-dealkylation sites (tertiary alicyclic amines) is 1. The fourth-order valence-electron chi connectivity index (χ4n) is 3.22. The zero-order valence-electron chi connectivity index (χ0n) is 12.8. The van der Waals surface area contributed by atoms with Crippen LogP contribution in [0, 0.1) is 0 Å². The predicted molar refractivity (Wildman–Crippen MR) is 83.3 cm³/mol. The number of aryl methyl sites for hydroxylation is 1. The molecule has 1 aromatic heterocycles. The molecule has 3 rings (SSSR count). The molecule has 0 aliphatic carbocycles. The van der Waals surface area contributed by atoms with Crippen LogP contribution in [0.4, 0.5) is 0 Å². The first kappa shape index (κ1) is 14.1. The van der Waals surface area contributed by atoms with Crippen LogP contribution in [0.1, 0.15) is 24.1 Å². The van der Waals surface area contributed by atoms with Crippen LogP contribution in [-0.4, -0.2) is 34.4 Å². The second-order valence-corrected chi connectivity index (χ2v) is 5.76. The lowest BCUT2D eigenvalue weighted by molar-refractivity contribution is 0.239. The summed E-state index contributed by atoms with van der Waals surface area (Å²) in [6.07, 6.45) is 5.59. The number of rotatable bonds is 5. The first-order valence-electron chi connectivity index (χ1n) is 7.61. The van der Waals surface area contributed by atoms with Crippen LogP contribution in [0.25, 0.3) is 0 Å². The molecule has 0 spiro atoms. The molecular formula is C17H23N3O. The molecule has 0 N–H and O–H groups in total. The summed E-state index contributed by atoms with van der Waals surface area (Å²) >= 11 is 0. The van der Waals surface area contributed by atoms with Gasteiger partial charge in [0.25, 0.3) is 0 Å². The van der Waals surface area contributed by atoms with Gasteiger partial charge in [0.2, 0.25) is 0 Å². The second-order valence-electron chi connectivity index (χ2n) is 5.76. The summed E-state index contributed by atoms with van der Waals surface area (Å²) < 4.78 is 7.35. The van der Waals surface area contributed by atoms with Crippen LogP contribution in [0.5, 0.6) is 5.75 Å². The molecule has 0 bridgehead atoms. The SMILES string of the molecule is COc1ccccc1CC1CCCN1Cc1ccn(C)n1. The summed E-state index contributed by atoms with van der Waals surface area (Å²) in [5.41, 5.74) is 2.46. The minimum absolute atomic E-state index is 0.586. The molecule has 2 aromatic rings. The Balaban J connectivity index is 1.69. The Morgan fingerprint density at radius 2 is 2.14 bits per heavy atom. The minimum Gasteiger partial charge on any atom is -0.496 e. The number of ether oxygens (including phenoxy) is 1. The van der Waals surface area contributed by atoms with E-state index in [1.54, 1.807) is 7.11 Å². The monoisotopic (exact) mass is 285 g/mol. The van der Waals surface area contributed by atoms with E-state index in [1.165, 1.54) is 18.4 Å². The van der Waals surface area contributed by atoms with Gasteiger partial charge in [0.15, 0.2) is 0 Å². The standard InChI is InChI=1S/C17H23N3O/c1-19-11-9-15(18-19)13-20-10-5-7-16(20)12-14-6-3-4-8-17(14)21-2/h3-4,6,8-9,11,16H,5,7,10,12-13H2,1-2H3. The van der Waals surface area contributed by atoms with E-state index in [1.807, 2.05) is 30.1 Å². The molecule has 1 unspecified atom stereocenters. The van der Waals surface area contributed by atoms with Gasteiger partial charge in [-0.3, -0.25) is 9.58 Å². The molecule has 0 radical (unpaired) electrons. The van der Waals surface area contributed by atoms with E-state index in [-0.39, 0.29) is 0 Å². The fraction of sp³-hybridized carbons (Fsp3) is 0.471. The number of nitrogens with zero attached hydrogens (tertiary/aromatic N) is 3. The molecule has 2 heterocycles. The quantitative estimate of drug-likeness (QED) is 0.846. The maximum Gasteiger partial charge on any atom is 0.122 e. The van der Waals surface area contributed by atoms with E-state index >= 15 is 0 Å². The van der Waals surface area contributed by atoms with Gasteiger partial charge in [-0.2, -0.15) is 5.10 Å². The van der Waals surface area contributed by atoms with E-state index in [9.17, 15) is 0 Å². The molecule has 4 heteroatoms. The highest BCUT2D eigenvalue weighted by atomic mass is 16.5. The summed E-state index contributed by atoms with van der Waals surface area (Å²) in [7, 11) is 3.72. The van der Waals surface area contributed by atoms with Gasteiger partial charge in [-0.25, -0.2) is 0 Å². The topological polar surface area (TPSA) is 30.3 Å². The van der Waals surface area contributed by atoms with E-state index in [2.05, 4.69) is 28.2 Å². The maximum atomic E-state index is 5.48. The van der Waals surface area contributed by atoms with Gasteiger partial charge in [0.1, 0.15) is 5.75 Å². The molecule has 4 nitrogen and oxygen atoms in total. The summed E-state index contributed by atoms with van der Waals surface area (Å²) in [5, 5.41) is 4.50. The van der Waals surface area contributed by atoms with Gasteiger partial charge in [-0.05, 0) is 43.5 Å².